The van der Waals surface area contributed by atoms with E-state index in [9.17, 15) is 22.8 Å². The minimum absolute atomic E-state index is 0.0432. The van der Waals surface area contributed by atoms with Gasteiger partial charge in [0.1, 0.15) is 5.82 Å². The lowest BCUT2D eigenvalue weighted by Gasteiger charge is -2.26. The van der Waals surface area contributed by atoms with Crippen molar-refractivity contribution in [3.8, 4) is 0 Å². The van der Waals surface area contributed by atoms with Gasteiger partial charge in [0.05, 0.1) is 4.90 Å². The predicted molar refractivity (Wildman–Crippen MR) is 129 cm³/mol. The first-order valence-electron chi connectivity index (χ1n) is 11.0. The Hall–Kier alpha value is -2.92. The smallest absolute Gasteiger partial charge is 0.330 e. The largest absolute Gasteiger partial charge is 0.383 e. The molecule has 0 aliphatic carbocycles. The number of aromatic nitrogens is 2. The van der Waals surface area contributed by atoms with Crippen LogP contribution in [-0.4, -0.2) is 36.5 Å². The number of sulfonamides is 1. The van der Waals surface area contributed by atoms with Crippen molar-refractivity contribution in [3.63, 3.8) is 0 Å². The zero-order chi connectivity index (χ0) is 24.9. The van der Waals surface area contributed by atoms with Crippen LogP contribution in [0.15, 0.2) is 38.8 Å². The van der Waals surface area contributed by atoms with E-state index in [-0.39, 0.29) is 40.5 Å². The van der Waals surface area contributed by atoms with E-state index in [0.717, 1.165) is 6.42 Å². The standard InChI is InChI=1S/C22H33N5O5S/c1-6-7-11-26-19(23)18(20(28)24-22(26)30)27(13-14(2)3)21(29)16-9-8-10-17(12-16)33(31,32)25-15(4)5/h8-10,12,14-15,25H,6-7,11,13,23H2,1-5H3,(H,24,28,30). The molecule has 0 unspecified atom stereocenters. The Morgan fingerprint density at radius 2 is 1.88 bits per heavy atom. The van der Waals surface area contributed by atoms with Crippen molar-refractivity contribution in [2.45, 2.75) is 64.9 Å². The Bertz CT molecular complexity index is 1210. The molecule has 0 spiro atoms. The topological polar surface area (TPSA) is 147 Å². The second-order valence-electron chi connectivity index (χ2n) is 8.61. The summed E-state index contributed by atoms with van der Waals surface area (Å²) >= 11 is 0. The van der Waals surface area contributed by atoms with Crippen molar-refractivity contribution in [2.75, 3.05) is 17.2 Å². The zero-order valence-electron chi connectivity index (χ0n) is 19.7. The number of nitrogens with zero attached hydrogens (tertiary/aromatic N) is 2. The monoisotopic (exact) mass is 479 g/mol. The number of H-pyrrole nitrogens is 1. The number of nitrogens with one attached hydrogen (secondary N) is 2. The molecule has 0 radical (unpaired) electrons. The minimum atomic E-state index is -3.83. The van der Waals surface area contributed by atoms with E-state index in [1.54, 1.807) is 13.8 Å². The zero-order valence-corrected chi connectivity index (χ0v) is 20.5. The molecule has 0 aliphatic rings. The number of carbonyl (C=O) groups excluding carboxylic acids is 1. The van der Waals surface area contributed by atoms with Gasteiger partial charge < -0.3 is 10.6 Å². The number of nitrogens with two attached hydrogens (primary N) is 1. The van der Waals surface area contributed by atoms with Gasteiger partial charge in [-0.1, -0.05) is 33.3 Å². The van der Waals surface area contributed by atoms with Crippen LogP contribution in [0, 0.1) is 5.92 Å². The number of unbranched alkanes of at least 4 members (excludes halogenated alkanes) is 1. The number of benzene rings is 1. The van der Waals surface area contributed by atoms with Crippen LogP contribution in [0.2, 0.25) is 0 Å². The van der Waals surface area contributed by atoms with Crippen LogP contribution in [0.4, 0.5) is 11.5 Å². The van der Waals surface area contributed by atoms with Gasteiger partial charge in [-0.2, -0.15) is 0 Å². The lowest BCUT2D eigenvalue weighted by molar-refractivity contribution is 0.0983. The third-order valence-corrected chi connectivity index (χ3v) is 6.45. The van der Waals surface area contributed by atoms with Crippen molar-refractivity contribution in [1.29, 1.82) is 0 Å². The maximum absolute atomic E-state index is 13.5. The summed E-state index contributed by atoms with van der Waals surface area (Å²) in [5.74, 6) is -0.738. The molecule has 0 fully saturated rings. The van der Waals surface area contributed by atoms with Crippen LogP contribution in [-0.2, 0) is 16.6 Å². The van der Waals surface area contributed by atoms with Gasteiger partial charge in [0.15, 0.2) is 5.69 Å². The highest BCUT2D eigenvalue weighted by atomic mass is 32.2. The first-order valence-corrected chi connectivity index (χ1v) is 12.4. The molecule has 11 heteroatoms. The van der Waals surface area contributed by atoms with Gasteiger partial charge in [0.25, 0.3) is 11.5 Å². The van der Waals surface area contributed by atoms with Crippen molar-refractivity contribution < 1.29 is 13.2 Å². The van der Waals surface area contributed by atoms with Crippen molar-refractivity contribution in [1.82, 2.24) is 14.3 Å². The fraction of sp³-hybridized carbons (Fsp3) is 0.500. The normalized spacial score (nSPS) is 11.8. The number of amides is 1. The van der Waals surface area contributed by atoms with Crippen molar-refractivity contribution in [2.24, 2.45) is 5.92 Å². The second kappa shape index (κ2) is 10.8. The summed E-state index contributed by atoms with van der Waals surface area (Å²) in [4.78, 5) is 41.9. The predicted octanol–water partition coefficient (Wildman–Crippen LogP) is 1.91. The van der Waals surface area contributed by atoms with Crippen molar-refractivity contribution in [3.05, 3.63) is 50.7 Å². The average Bonchev–Trinajstić information content (AvgIpc) is 2.71. The molecule has 1 amide bonds. The molecule has 2 rings (SSSR count). The second-order valence-corrected chi connectivity index (χ2v) is 10.3. The maximum Gasteiger partial charge on any atom is 0.330 e. The maximum atomic E-state index is 13.5. The number of anilines is 2. The molecule has 0 saturated heterocycles. The van der Waals surface area contributed by atoms with Crippen LogP contribution in [0.1, 0.15) is 57.8 Å². The summed E-state index contributed by atoms with van der Waals surface area (Å²) in [5, 5.41) is 0. The van der Waals surface area contributed by atoms with Gasteiger partial charge in [0.2, 0.25) is 10.0 Å². The highest BCUT2D eigenvalue weighted by Gasteiger charge is 2.27. The number of rotatable bonds is 10. The summed E-state index contributed by atoms with van der Waals surface area (Å²) < 4.78 is 28.9. The Morgan fingerprint density at radius 1 is 1.21 bits per heavy atom. The summed E-state index contributed by atoms with van der Waals surface area (Å²) in [6.07, 6.45) is 1.47. The molecule has 10 nitrogen and oxygen atoms in total. The highest BCUT2D eigenvalue weighted by molar-refractivity contribution is 7.89. The summed E-state index contributed by atoms with van der Waals surface area (Å²) in [5.41, 5.74) is 4.75. The Labute approximate surface area is 193 Å². The Kier molecular flexibility index (Phi) is 8.62. The molecule has 0 saturated carbocycles. The molecule has 1 aromatic carbocycles. The fourth-order valence-corrected chi connectivity index (χ4v) is 4.64. The molecule has 1 aromatic heterocycles. The van der Waals surface area contributed by atoms with Gasteiger partial charge in [-0.15, -0.1) is 0 Å². The quantitative estimate of drug-likeness (QED) is 0.474. The van der Waals surface area contributed by atoms with Crippen molar-refractivity contribution >= 4 is 27.4 Å². The molecule has 0 atom stereocenters. The van der Waals surface area contributed by atoms with E-state index in [2.05, 4.69) is 9.71 Å². The van der Waals surface area contributed by atoms with Gasteiger partial charge in [-0.05, 0) is 44.4 Å². The van der Waals surface area contributed by atoms with Gasteiger partial charge in [-0.25, -0.2) is 17.9 Å². The number of hydrogen-bond acceptors (Lipinski definition) is 6. The van der Waals surface area contributed by atoms with E-state index in [1.165, 1.54) is 33.7 Å². The van der Waals surface area contributed by atoms with E-state index in [4.69, 9.17) is 5.73 Å². The van der Waals surface area contributed by atoms with Crippen LogP contribution in [0.5, 0.6) is 0 Å². The van der Waals surface area contributed by atoms with Crippen LogP contribution in [0.3, 0.4) is 0 Å². The Balaban J connectivity index is 2.62. The summed E-state index contributed by atoms with van der Waals surface area (Å²) in [6.45, 7) is 9.51. The van der Waals surface area contributed by atoms with E-state index in [1.807, 2.05) is 20.8 Å². The summed E-state index contributed by atoms with van der Waals surface area (Å²) in [7, 11) is -3.83. The van der Waals surface area contributed by atoms with E-state index < -0.39 is 27.2 Å². The number of carbonyl (C=O) groups is 1. The Morgan fingerprint density at radius 3 is 2.45 bits per heavy atom. The fourth-order valence-electron chi connectivity index (χ4n) is 3.35. The molecular weight excluding hydrogens is 446 g/mol. The molecule has 182 valence electrons. The first-order chi connectivity index (χ1) is 15.4. The summed E-state index contributed by atoms with van der Waals surface area (Å²) in [6, 6.07) is 5.26. The average molecular weight is 480 g/mol. The molecule has 0 bridgehead atoms. The number of nitrogen functional groups attached to an aromatic ring is 1. The number of hydrogen-bond donors (Lipinski definition) is 3. The number of aromatic amines is 1. The highest BCUT2D eigenvalue weighted by Crippen LogP contribution is 2.22. The molecule has 4 N–H and O–H groups in total. The molecule has 2 aromatic rings. The molecule has 33 heavy (non-hydrogen) atoms. The lowest BCUT2D eigenvalue weighted by Crippen LogP contribution is -2.42. The third-order valence-electron chi connectivity index (χ3n) is 4.79. The minimum Gasteiger partial charge on any atom is -0.383 e. The SMILES string of the molecule is CCCCn1c(N)c(N(CC(C)C)C(=O)c2cccc(S(=O)(=O)NC(C)C)c2)c(=O)[nH]c1=O. The van der Waals surface area contributed by atoms with E-state index in [0.29, 0.717) is 13.0 Å². The molecule has 1 heterocycles. The van der Waals surface area contributed by atoms with Gasteiger partial charge >= 0.3 is 5.69 Å². The third kappa shape index (κ3) is 6.32. The lowest BCUT2D eigenvalue weighted by atomic mass is 10.1. The van der Waals surface area contributed by atoms with Crippen LogP contribution in [0.25, 0.3) is 0 Å². The van der Waals surface area contributed by atoms with E-state index >= 15 is 0 Å². The first kappa shape index (κ1) is 26.3. The van der Waals surface area contributed by atoms with Crippen LogP contribution < -0.4 is 26.6 Å². The van der Waals surface area contributed by atoms with Crippen LogP contribution >= 0.6 is 0 Å². The molecule has 0 aliphatic heterocycles. The van der Waals surface area contributed by atoms with Gasteiger partial charge in [0, 0.05) is 24.7 Å². The molecular formula is C22H33N5O5S. The van der Waals surface area contributed by atoms with Gasteiger partial charge in [-0.3, -0.25) is 19.1 Å².